The van der Waals surface area contributed by atoms with Gasteiger partial charge in [0.05, 0.1) is 41.1 Å². The van der Waals surface area contributed by atoms with Crippen molar-refractivity contribution < 1.29 is 14.1 Å². The number of fused-ring (bicyclic) bond motifs is 1. The first-order valence-electron chi connectivity index (χ1n) is 10.9. The Labute approximate surface area is 189 Å². The Kier molecular flexibility index (Phi) is 5.94. The van der Waals surface area contributed by atoms with Crippen molar-refractivity contribution in [3.8, 4) is 11.5 Å². The van der Waals surface area contributed by atoms with E-state index in [-0.39, 0.29) is 24.2 Å². The molecule has 0 radical (unpaired) electrons. The predicted octanol–water partition coefficient (Wildman–Crippen LogP) is 2.67. The van der Waals surface area contributed by atoms with Crippen LogP contribution in [0.4, 0.5) is 11.4 Å². The molecule has 4 aromatic rings. The first kappa shape index (κ1) is 21.0. The third-order valence-corrected chi connectivity index (χ3v) is 5.50. The molecule has 1 saturated heterocycles. The largest absolute Gasteiger partial charge is 0.381 e. The SMILES string of the molecule is CCn1ncc2c(NC3CCOCC3)c(-c3nc(CC(=O)Nc4cccnc4)no3)cnc21. The van der Waals surface area contributed by atoms with Crippen molar-refractivity contribution in [2.75, 3.05) is 23.8 Å². The summed E-state index contributed by atoms with van der Waals surface area (Å²) >= 11 is 0. The van der Waals surface area contributed by atoms with Crippen molar-refractivity contribution in [1.82, 2.24) is 29.9 Å². The second-order valence-corrected chi connectivity index (χ2v) is 7.76. The number of nitrogens with one attached hydrogen (secondary N) is 2. The summed E-state index contributed by atoms with van der Waals surface area (Å²) in [5.74, 6) is 0.328. The van der Waals surface area contributed by atoms with Crippen LogP contribution in [0.2, 0.25) is 0 Å². The lowest BCUT2D eigenvalue weighted by molar-refractivity contribution is -0.115. The molecule has 33 heavy (non-hydrogen) atoms. The van der Waals surface area contributed by atoms with Crippen molar-refractivity contribution in [3.63, 3.8) is 0 Å². The summed E-state index contributed by atoms with van der Waals surface area (Å²) in [4.78, 5) is 25.4. The van der Waals surface area contributed by atoms with Gasteiger partial charge in [-0.25, -0.2) is 9.67 Å². The molecule has 0 aromatic carbocycles. The number of anilines is 2. The minimum Gasteiger partial charge on any atom is -0.381 e. The fourth-order valence-electron chi connectivity index (χ4n) is 3.84. The van der Waals surface area contributed by atoms with Crippen molar-refractivity contribution in [1.29, 1.82) is 0 Å². The summed E-state index contributed by atoms with van der Waals surface area (Å²) in [6.07, 6.45) is 8.50. The monoisotopic (exact) mass is 448 g/mol. The van der Waals surface area contributed by atoms with E-state index in [1.807, 2.05) is 11.6 Å². The Hall–Kier alpha value is -3.86. The molecular formula is C22H24N8O3. The molecule has 0 atom stereocenters. The first-order chi connectivity index (χ1) is 16.2. The normalized spacial score (nSPS) is 14.5. The standard InChI is InChI=1S/C22H24N8O3/c1-2-30-21-16(13-25-30)20(27-14-5-8-32-9-6-14)17(12-24-21)22-28-18(29-33-22)10-19(31)26-15-4-3-7-23-11-15/h3-4,7,11-14H,2,5-6,8-10H2,1H3,(H,24,27)(H,26,31). The van der Waals surface area contributed by atoms with E-state index < -0.39 is 0 Å². The van der Waals surface area contributed by atoms with Crippen molar-refractivity contribution in [2.45, 2.75) is 38.8 Å². The number of aromatic nitrogens is 6. The quantitative estimate of drug-likeness (QED) is 0.438. The molecule has 1 aliphatic rings. The van der Waals surface area contributed by atoms with Crippen LogP contribution >= 0.6 is 0 Å². The highest BCUT2D eigenvalue weighted by molar-refractivity contribution is 5.96. The van der Waals surface area contributed by atoms with Crippen LogP contribution in [0.5, 0.6) is 0 Å². The van der Waals surface area contributed by atoms with Gasteiger partial charge in [0.2, 0.25) is 5.91 Å². The summed E-state index contributed by atoms with van der Waals surface area (Å²) in [5, 5.41) is 15.7. The zero-order valence-corrected chi connectivity index (χ0v) is 18.2. The molecule has 4 aromatic heterocycles. The van der Waals surface area contributed by atoms with Crippen molar-refractivity contribution in [3.05, 3.63) is 42.7 Å². The summed E-state index contributed by atoms with van der Waals surface area (Å²) in [5.41, 5.74) is 2.92. The van der Waals surface area contributed by atoms with Gasteiger partial charge in [-0.05, 0) is 31.9 Å². The van der Waals surface area contributed by atoms with Crippen LogP contribution in [0, 0.1) is 0 Å². The van der Waals surface area contributed by atoms with E-state index in [1.165, 1.54) is 0 Å². The van der Waals surface area contributed by atoms with Crippen LogP contribution in [0.25, 0.3) is 22.5 Å². The van der Waals surface area contributed by atoms with Gasteiger partial charge in [-0.1, -0.05) is 5.16 Å². The molecular weight excluding hydrogens is 424 g/mol. The molecule has 5 rings (SSSR count). The average molecular weight is 448 g/mol. The summed E-state index contributed by atoms with van der Waals surface area (Å²) in [6.45, 7) is 4.16. The van der Waals surface area contributed by atoms with E-state index in [2.05, 4.69) is 35.8 Å². The van der Waals surface area contributed by atoms with Gasteiger partial charge in [0.25, 0.3) is 5.89 Å². The fourth-order valence-corrected chi connectivity index (χ4v) is 3.84. The molecule has 0 unspecified atom stereocenters. The van der Waals surface area contributed by atoms with Crippen LogP contribution < -0.4 is 10.6 Å². The van der Waals surface area contributed by atoms with Crippen LogP contribution in [0.15, 0.2) is 41.4 Å². The van der Waals surface area contributed by atoms with Gasteiger partial charge in [-0.2, -0.15) is 10.1 Å². The van der Waals surface area contributed by atoms with E-state index >= 15 is 0 Å². The van der Waals surface area contributed by atoms with E-state index in [0.29, 0.717) is 36.9 Å². The van der Waals surface area contributed by atoms with Gasteiger partial charge in [-0.3, -0.25) is 9.78 Å². The molecule has 11 heteroatoms. The Morgan fingerprint density at radius 1 is 1.24 bits per heavy atom. The number of hydrogen-bond acceptors (Lipinski definition) is 9. The zero-order chi connectivity index (χ0) is 22.6. The van der Waals surface area contributed by atoms with Gasteiger partial charge < -0.3 is 19.9 Å². The molecule has 11 nitrogen and oxygen atoms in total. The number of amides is 1. The molecule has 1 amide bonds. The zero-order valence-electron chi connectivity index (χ0n) is 18.2. The lowest BCUT2D eigenvalue weighted by Crippen LogP contribution is -2.28. The Morgan fingerprint density at radius 3 is 2.91 bits per heavy atom. The maximum absolute atomic E-state index is 12.4. The van der Waals surface area contributed by atoms with Gasteiger partial charge >= 0.3 is 0 Å². The van der Waals surface area contributed by atoms with Gasteiger partial charge in [0.15, 0.2) is 11.5 Å². The van der Waals surface area contributed by atoms with Gasteiger partial charge in [0.1, 0.15) is 0 Å². The second kappa shape index (κ2) is 9.33. The van der Waals surface area contributed by atoms with Gasteiger partial charge in [-0.15, -0.1) is 0 Å². The van der Waals surface area contributed by atoms with Crippen LogP contribution in [0.1, 0.15) is 25.6 Å². The molecule has 5 heterocycles. The summed E-state index contributed by atoms with van der Waals surface area (Å²) < 4.78 is 12.9. The Morgan fingerprint density at radius 2 is 2.12 bits per heavy atom. The number of carbonyl (C=O) groups excluding carboxylic acids is 1. The van der Waals surface area contributed by atoms with E-state index in [4.69, 9.17) is 9.26 Å². The molecule has 0 bridgehead atoms. The Bertz CT molecular complexity index is 1250. The van der Waals surface area contributed by atoms with Crippen molar-refractivity contribution in [2.24, 2.45) is 0 Å². The number of rotatable bonds is 7. The second-order valence-electron chi connectivity index (χ2n) is 7.76. The third-order valence-electron chi connectivity index (χ3n) is 5.50. The summed E-state index contributed by atoms with van der Waals surface area (Å²) in [7, 11) is 0. The highest BCUT2D eigenvalue weighted by Crippen LogP contribution is 2.34. The lowest BCUT2D eigenvalue weighted by Gasteiger charge is -2.25. The maximum atomic E-state index is 12.4. The highest BCUT2D eigenvalue weighted by Gasteiger charge is 2.23. The molecule has 0 aliphatic carbocycles. The topological polar surface area (TPSA) is 133 Å². The lowest BCUT2D eigenvalue weighted by atomic mass is 10.1. The molecule has 0 saturated carbocycles. The molecule has 1 aliphatic heterocycles. The number of ether oxygens (including phenoxy) is 1. The third kappa shape index (κ3) is 4.53. The Balaban J connectivity index is 1.42. The number of carbonyl (C=O) groups is 1. The van der Waals surface area contributed by atoms with Crippen LogP contribution in [-0.4, -0.2) is 55.1 Å². The molecule has 170 valence electrons. The van der Waals surface area contributed by atoms with Crippen molar-refractivity contribution >= 4 is 28.3 Å². The van der Waals surface area contributed by atoms with E-state index in [1.54, 1.807) is 36.9 Å². The smallest absolute Gasteiger partial charge is 0.261 e. The number of pyridine rings is 2. The van der Waals surface area contributed by atoms with E-state index in [0.717, 1.165) is 29.6 Å². The minimum atomic E-state index is -0.256. The maximum Gasteiger partial charge on any atom is 0.261 e. The number of hydrogen-bond donors (Lipinski definition) is 2. The highest BCUT2D eigenvalue weighted by atomic mass is 16.5. The van der Waals surface area contributed by atoms with Crippen LogP contribution in [0.3, 0.4) is 0 Å². The predicted molar refractivity (Wildman–Crippen MR) is 121 cm³/mol. The molecule has 1 fully saturated rings. The average Bonchev–Trinajstić information content (AvgIpc) is 3.47. The summed E-state index contributed by atoms with van der Waals surface area (Å²) in [6, 6.07) is 3.76. The fraction of sp³-hybridized carbons (Fsp3) is 0.364. The van der Waals surface area contributed by atoms with E-state index in [9.17, 15) is 4.79 Å². The minimum absolute atomic E-state index is 0.0233. The first-order valence-corrected chi connectivity index (χ1v) is 10.9. The van der Waals surface area contributed by atoms with Gasteiger partial charge in [0, 0.05) is 38.2 Å². The van der Waals surface area contributed by atoms with Crippen LogP contribution in [-0.2, 0) is 22.5 Å². The molecule has 0 spiro atoms. The number of aryl methyl sites for hydroxylation is 1. The molecule has 2 N–H and O–H groups in total. The number of nitrogens with zero attached hydrogens (tertiary/aromatic N) is 6.